The van der Waals surface area contributed by atoms with Gasteiger partial charge >= 0.3 is 18.0 Å². The Morgan fingerprint density at radius 3 is 1.84 bits per heavy atom. The molecule has 0 aromatic heterocycles. The van der Waals surface area contributed by atoms with Gasteiger partial charge in [-0.05, 0) is 73.1 Å². The summed E-state index contributed by atoms with van der Waals surface area (Å²) in [7, 11) is 0. The summed E-state index contributed by atoms with van der Waals surface area (Å²) in [6.07, 6.45) is -2.18. The van der Waals surface area contributed by atoms with Crippen molar-refractivity contribution < 1.29 is 53.6 Å². The molecule has 0 saturated heterocycles. The number of hydrogen-bond acceptors (Lipinski definition) is 9. The minimum atomic E-state index is -2.34. The smallest absolute Gasteiger partial charge is 0.408 e. The summed E-state index contributed by atoms with van der Waals surface area (Å²) in [6, 6.07) is 4.62. The molecule has 0 spiro atoms. The first-order valence-corrected chi connectivity index (χ1v) is 13.8. The second-order valence-corrected chi connectivity index (χ2v) is 12.6. The van der Waals surface area contributed by atoms with E-state index in [0.29, 0.717) is 5.56 Å². The predicted molar refractivity (Wildman–Crippen MR) is 156 cm³/mol. The molecular formula is C29H44N4O11. The van der Waals surface area contributed by atoms with Gasteiger partial charge in [0.25, 0.3) is 5.91 Å². The first kappa shape index (κ1) is 37.6. The molecule has 1 aromatic rings. The van der Waals surface area contributed by atoms with E-state index in [1.165, 1.54) is 26.0 Å². The summed E-state index contributed by atoms with van der Waals surface area (Å²) < 4.78 is 11.1. The minimum Gasteiger partial charge on any atom is -0.508 e. The van der Waals surface area contributed by atoms with Gasteiger partial charge in [-0.15, -0.1) is 0 Å². The number of nitrogens with one attached hydrogen (secondary N) is 4. The number of carbonyl (C=O) groups is 6. The Hall–Kier alpha value is -4.40. The van der Waals surface area contributed by atoms with Crippen molar-refractivity contribution in [3.63, 3.8) is 0 Å². The Morgan fingerprint density at radius 2 is 1.36 bits per heavy atom. The molecule has 0 aliphatic heterocycles. The molecule has 0 aliphatic carbocycles. The lowest BCUT2D eigenvalue weighted by Gasteiger charge is -2.40. The van der Waals surface area contributed by atoms with Gasteiger partial charge in [0.2, 0.25) is 17.5 Å². The molecule has 0 fully saturated rings. The van der Waals surface area contributed by atoms with Gasteiger partial charge in [0.05, 0.1) is 12.0 Å². The Balaban J connectivity index is 3.38. The largest absolute Gasteiger partial charge is 0.508 e. The molecular weight excluding hydrogens is 580 g/mol. The van der Waals surface area contributed by atoms with E-state index < -0.39 is 83.6 Å². The lowest BCUT2D eigenvalue weighted by Crippen LogP contribution is -2.68. The number of carboxylic acids is 2. The Bertz CT molecular complexity index is 1220. The molecule has 1 aromatic carbocycles. The number of hydrogen-bond donors (Lipinski definition) is 7. The molecule has 15 nitrogen and oxygen atoms in total. The predicted octanol–water partition coefficient (Wildman–Crippen LogP) is 1.42. The van der Waals surface area contributed by atoms with E-state index >= 15 is 0 Å². The Labute approximate surface area is 256 Å². The van der Waals surface area contributed by atoms with Crippen molar-refractivity contribution in [1.82, 2.24) is 21.3 Å². The van der Waals surface area contributed by atoms with Gasteiger partial charge in [-0.1, -0.05) is 12.1 Å². The molecule has 246 valence electrons. The van der Waals surface area contributed by atoms with Gasteiger partial charge in [0.1, 0.15) is 29.5 Å². The molecule has 7 N–H and O–H groups in total. The third kappa shape index (κ3) is 13.3. The minimum absolute atomic E-state index is 0.0103. The van der Waals surface area contributed by atoms with Crippen molar-refractivity contribution in [3.8, 4) is 5.75 Å². The maximum atomic E-state index is 13.6. The SMILES string of the molecule is CC(C)(C)OC(=O)N[C@@H](Cc1ccc(O)cc1)C(=O)NC(C)(C)C(=O)N[C@@](CCC(=O)O)(OC(C)(C)C)C(=O)NCC(=O)O. The Morgan fingerprint density at radius 1 is 0.795 bits per heavy atom. The van der Waals surface area contributed by atoms with E-state index in [2.05, 4.69) is 21.3 Å². The molecule has 0 heterocycles. The molecule has 0 saturated carbocycles. The van der Waals surface area contributed by atoms with Crippen molar-refractivity contribution in [3.05, 3.63) is 29.8 Å². The van der Waals surface area contributed by atoms with Crippen LogP contribution in [0, 0.1) is 0 Å². The Kier molecular flexibility index (Phi) is 12.7. The van der Waals surface area contributed by atoms with Crippen LogP contribution in [-0.2, 0) is 39.9 Å². The van der Waals surface area contributed by atoms with Crippen LogP contribution in [0.3, 0.4) is 0 Å². The number of ether oxygens (including phenoxy) is 2. The molecule has 2 atom stereocenters. The van der Waals surface area contributed by atoms with Crippen molar-refractivity contribution in [2.24, 2.45) is 0 Å². The first-order valence-electron chi connectivity index (χ1n) is 13.8. The first-order chi connectivity index (χ1) is 19.9. The lowest BCUT2D eigenvalue weighted by molar-refractivity contribution is -0.184. The molecule has 44 heavy (non-hydrogen) atoms. The maximum absolute atomic E-state index is 13.6. The maximum Gasteiger partial charge on any atom is 0.408 e. The topological polar surface area (TPSA) is 230 Å². The van der Waals surface area contributed by atoms with Crippen LogP contribution < -0.4 is 21.3 Å². The second kappa shape index (κ2) is 14.9. The number of aromatic hydroxyl groups is 1. The van der Waals surface area contributed by atoms with Crippen LogP contribution >= 0.6 is 0 Å². The van der Waals surface area contributed by atoms with Crippen molar-refractivity contribution in [1.29, 1.82) is 0 Å². The number of carboxylic acid groups (broad SMARTS) is 2. The van der Waals surface area contributed by atoms with Gasteiger partial charge in [-0.2, -0.15) is 0 Å². The third-order valence-corrected chi connectivity index (χ3v) is 5.64. The molecule has 0 aliphatic rings. The van der Waals surface area contributed by atoms with Gasteiger partial charge in [-0.3, -0.25) is 24.0 Å². The van der Waals surface area contributed by atoms with Crippen LogP contribution in [0.1, 0.15) is 73.8 Å². The number of benzene rings is 1. The molecule has 1 rings (SSSR count). The average molecular weight is 625 g/mol. The van der Waals surface area contributed by atoms with Gasteiger partial charge in [0.15, 0.2) is 0 Å². The summed E-state index contributed by atoms with van der Waals surface area (Å²) in [6.45, 7) is 11.3. The number of amides is 4. The fourth-order valence-corrected chi connectivity index (χ4v) is 3.78. The summed E-state index contributed by atoms with van der Waals surface area (Å²) >= 11 is 0. The highest BCUT2D eigenvalue weighted by Crippen LogP contribution is 2.25. The number of phenolic OH excluding ortho intramolecular Hbond substituents is 1. The third-order valence-electron chi connectivity index (χ3n) is 5.64. The highest BCUT2D eigenvalue weighted by molar-refractivity contribution is 5.97. The van der Waals surface area contributed by atoms with E-state index in [1.807, 2.05) is 0 Å². The zero-order chi connectivity index (χ0) is 34.1. The molecule has 0 radical (unpaired) electrons. The van der Waals surface area contributed by atoms with E-state index in [0.717, 1.165) is 0 Å². The number of alkyl carbamates (subject to hydrolysis) is 1. The summed E-state index contributed by atoms with van der Waals surface area (Å²) in [5.74, 6) is -5.62. The second-order valence-electron chi connectivity index (χ2n) is 12.6. The summed E-state index contributed by atoms with van der Waals surface area (Å²) in [5.41, 5.74) is -5.58. The van der Waals surface area contributed by atoms with Gasteiger partial charge in [-0.25, -0.2) is 4.79 Å². The van der Waals surface area contributed by atoms with Crippen LogP contribution in [0.5, 0.6) is 5.75 Å². The standard InChI is InChI=1S/C29H44N4O11/c1-26(2,3)43-25(42)31-19(15-17-9-11-18(34)12-10-17)22(39)32-28(7,8)23(40)33-29(14-13-20(35)36,44-27(4,5)6)24(41)30-16-21(37)38/h9-12,19,34H,13-16H2,1-8H3,(H,30,41)(H,31,42)(H,32,39)(H,33,40)(H,35,36)(H,37,38)/t19-,29-/m0/s1. The number of phenols is 1. The fourth-order valence-electron chi connectivity index (χ4n) is 3.78. The number of carbonyl (C=O) groups excluding carboxylic acids is 4. The van der Waals surface area contributed by atoms with Crippen LogP contribution in [-0.4, -0.2) is 86.1 Å². The number of rotatable bonds is 14. The quantitative estimate of drug-likeness (QED) is 0.146. The van der Waals surface area contributed by atoms with E-state index in [4.69, 9.17) is 14.6 Å². The van der Waals surface area contributed by atoms with Crippen LogP contribution in [0.25, 0.3) is 0 Å². The van der Waals surface area contributed by atoms with Crippen molar-refractivity contribution >= 4 is 35.8 Å². The van der Waals surface area contributed by atoms with Crippen molar-refractivity contribution in [2.45, 2.75) is 103 Å². The zero-order valence-corrected chi connectivity index (χ0v) is 26.3. The zero-order valence-electron chi connectivity index (χ0n) is 26.3. The van der Waals surface area contributed by atoms with Crippen LogP contribution in [0.4, 0.5) is 4.79 Å². The molecule has 15 heteroatoms. The van der Waals surface area contributed by atoms with Crippen LogP contribution in [0.2, 0.25) is 0 Å². The molecule has 0 unspecified atom stereocenters. The van der Waals surface area contributed by atoms with Gasteiger partial charge < -0.3 is 46.1 Å². The fraction of sp³-hybridized carbons (Fsp3) is 0.586. The average Bonchev–Trinajstić information content (AvgIpc) is 2.84. The van der Waals surface area contributed by atoms with Crippen LogP contribution in [0.15, 0.2) is 24.3 Å². The highest BCUT2D eigenvalue weighted by Gasteiger charge is 2.47. The lowest BCUT2D eigenvalue weighted by atomic mass is 9.98. The molecule has 0 bridgehead atoms. The molecule has 4 amide bonds. The van der Waals surface area contributed by atoms with E-state index in [-0.39, 0.29) is 12.2 Å². The monoisotopic (exact) mass is 624 g/mol. The summed E-state index contributed by atoms with van der Waals surface area (Å²) in [5, 5.41) is 37.5. The van der Waals surface area contributed by atoms with E-state index in [1.54, 1.807) is 53.7 Å². The highest BCUT2D eigenvalue weighted by atomic mass is 16.6. The van der Waals surface area contributed by atoms with Crippen molar-refractivity contribution in [2.75, 3.05) is 6.54 Å². The van der Waals surface area contributed by atoms with Gasteiger partial charge in [0, 0.05) is 12.8 Å². The normalized spacial score (nSPS) is 13.9. The van der Waals surface area contributed by atoms with E-state index in [9.17, 15) is 39.0 Å². The summed E-state index contributed by atoms with van der Waals surface area (Å²) in [4.78, 5) is 75.5. The number of aliphatic carboxylic acids is 2.